The second kappa shape index (κ2) is 10.4. The summed E-state index contributed by atoms with van der Waals surface area (Å²) >= 11 is 4.95. The minimum Gasteiger partial charge on any atom is -0.414 e. The molecule has 9 nitrogen and oxygen atoms in total. The van der Waals surface area contributed by atoms with Gasteiger partial charge >= 0.3 is 22.8 Å². The van der Waals surface area contributed by atoms with Gasteiger partial charge in [0, 0.05) is 12.3 Å². The molecule has 0 amide bonds. The van der Waals surface area contributed by atoms with E-state index in [2.05, 4.69) is 70.5 Å². The molecule has 2 fully saturated rings. The molecule has 0 bridgehead atoms. The number of hydrogen-bond donors (Lipinski definition) is 1. The number of nitrogens with one attached hydrogen (secondary N) is 1. The van der Waals surface area contributed by atoms with Crippen molar-refractivity contribution in [3.8, 4) is 0 Å². The van der Waals surface area contributed by atoms with Crippen LogP contribution in [0, 0.1) is 0 Å². The molecule has 2 aliphatic heterocycles. The van der Waals surface area contributed by atoms with Gasteiger partial charge in [-0.2, -0.15) is 0 Å². The first-order valence-electron chi connectivity index (χ1n) is 12.0. The zero-order valence-electron chi connectivity index (χ0n) is 21.2. The monoisotopic (exact) mass is 527 g/mol. The van der Waals surface area contributed by atoms with Crippen LogP contribution in [0.2, 0.25) is 22.2 Å². The summed E-state index contributed by atoms with van der Waals surface area (Å²) in [6.07, 6.45) is -0.442. The predicted molar refractivity (Wildman–Crippen MR) is 138 cm³/mol. The second-order valence-electron chi connectivity index (χ2n) is 10.4. The third kappa shape index (κ3) is 4.74. The first kappa shape index (κ1) is 27.3. The number of rotatable bonds is 6. The molecule has 190 valence electrons. The highest BCUT2D eigenvalue weighted by Gasteiger charge is 2.62. The number of thiocarbonyl (C=S) groups is 1. The first-order valence-corrected chi connectivity index (χ1v) is 16.3. The topological polar surface area (TPSA) is 104 Å². The van der Waals surface area contributed by atoms with E-state index >= 15 is 0 Å². The number of aliphatic imine (C=N–C) groups is 1. The third-order valence-electron chi connectivity index (χ3n) is 6.97. The summed E-state index contributed by atoms with van der Waals surface area (Å²) < 4.78 is 28.7. The molecule has 1 aromatic rings. The van der Waals surface area contributed by atoms with Crippen molar-refractivity contribution in [2.45, 2.75) is 102 Å². The molecule has 34 heavy (non-hydrogen) atoms. The third-order valence-corrected chi connectivity index (χ3v) is 17.3. The summed E-state index contributed by atoms with van der Waals surface area (Å²) in [7, 11) is -5.63. The molecule has 3 heterocycles. The summed E-state index contributed by atoms with van der Waals surface area (Å²) in [6, 6.07) is 0.635. The van der Waals surface area contributed by atoms with Crippen molar-refractivity contribution >= 4 is 34.5 Å². The molecule has 2 aliphatic rings. The molecule has 2 saturated heterocycles. The van der Waals surface area contributed by atoms with Crippen molar-refractivity contribution < 1.29 is 17.7 Å². The van der Waals surface area contributed by atoms with Crippen molar-refractivity contribution in [2.75, 3.05) is 6.61 Å². The molecule has 12 heteroatoms. The summed E-state index contributed by atoms with van der Waals surface area (Å²) in [4.78, 5) is 30.9. The van der Waals surface area contributed by atoms with Crippen LogP contribution in [0.15, 0.2) is 26.8 Å². The van der Waals surface area contributed by atoms with Crippen LogP contribution in [-0.2, 0) is 17.7 Å². The molecule has 0 unspecified atom stereocenters. The van der Waals surface area contributed by atoms with Gasteiger partial charge in [0.1, 0.15) is 18.2 Å². The van der Waals surface area contributed by atoms with Gasteiger partial charge in [-0.05, 0) is 34.4 Å². The van der Waals surface area contributed by atoms with Gasteiger partial charge in [-0.1, -0.05) is 55.4 Å². The van der Waals surface area contributed by atoms with E-state index in [1.165, 1.54) is 16.8 Å². The zero-order valence-corrected chi connectivity index (χ0v) is 24.0. The van der Waals surface area contributed by atoms with Gasteiger partial charge in [0.05, 0.1) is 11.8 Å². The van der Waals surface area contributed by atoms with Crippen molar-refractivity contribution in [1.82, 2.24) is 9.55 Å². The fourth-order valence-corrected chi connectivity index (χ4v) is 16.5. The minimum atomic E-state index is -2.90. The van der Waals surface area contributed by atoms with Gasteiger partial charge < -0.3 is 17.7 Å². The zero-order chi connectivity index (χ0) is 25.4. The smallest absolute Gasteiger partial charge is 0.335 e. The fraction of sp³-hybridized carbons (Fsp3) is 0.773. The van der Waals surface area contributed by atoms with Crippen molar-refractivity contribution in [3.63, 3.8) is 0 Å². The number of nitrogens with zero attached hydrogens (tertiary/aromatic N) is 2. The lowest BCUT2D eigenvalue weighted by atomic mass is 10.1. The van der Waals surface area contributed by atoms with Crippen LogP contribution in [0.5, 0.6) is 0 Å². The number of aromatic nitrogens is 2. The first-order chi connectivity index (χ1) is 15.9. The fourth-order valence-electron chi connectivity index (χ4n) is 5.19. The lowest BCUT2D eigenvalue weighted by Crippen LogP contribution is -2.65. The van der Waals surface area contributed by atoms with Crippen LogP contribution in [0.1, 0.15) is 61.6 Å². The molecular formula is C22H37N3O6SSi2. The van der Waals surface area contributed by atoms with E-state index in [1.54, 1.807) is 0 Å². The van der Waals surface area contributed by atoms with E-state index in [-0.39, 0.29) is 28.8 Å². The van der Waals surface area contributed by atoms with E-state index < -0.39 is 52.8 Å². The van der Waals surface area contributed by atoms with Crippen LogP contribution in [0.25, 0.3) is 0 Å². The standard InChI is InChI=1S/C22H37N3O6SSi2/c1-13(2)33(14(3)4)28-11-17-20(30-34(31-33,15(5)6)16(7)8)19(23-12-32)21(29-17)25-10-9-18(26)24-22(25)27/h9-10,13-17,19-21H,11H2,1-8H3,(H,24,26,27)/t17-,19-,20-,21-/m1/s1. The number of aromatic amines is 1. The van der Waals surface area contributed by atoms with Gasteiger partial charge in [-0.25, -0.2) is 9.79 Å². The quantitative estimate of drug-likeness (QED) is 0.340. The molecule has 1 aromatic heterocycles. The second-order valence-corrected chi connectivity index (χ2v) is 19.4. The Morgan fingerprint density at radius 3 is 2.15 bits per heavy atom. The van der Waals surface area contributed by atoms with Crippen LogP contribution in [0.3, 0.4) is 0 Å². The van der Waals surface area contributed by atoms with Gasteiger partial charge in [0.25, 0.3) is 5.56 Å². The molecule has 0 spiro atoms. The average Bonchev–Trinajstić information content (AvgIpc) is 3.04. The lowest BCUT2D eigenvalue weighted by molar-refractivity contribution is -0.0567. The highest BCUT2D eigenvalue weighted by molar-refractivity contribution is 7.78. The van der Waals surface area contributed by atoms with Crippen LogP contribution in [0.4, 0.5) is 0 Å². The number of hydrogen-bond acceptors (Lipinski definition) is 8. The van der Waals surface area contributed by atoms with Gasteiger partial charge in [0.15, 0.2) is 6.23 Å². The maximum Gasteiger partial charge on any atom is 0.335 e. The normalized spacial score (nSPS) is 28.6. The molecule has 4 atom stereocenters. The predicted octanol–water partition coefficient (Wildman–Crippen LogP) is 3.86. The lowest BCUT2D eigenvalue weighted by Gasteiger charge is -2.51. The van der Waals surface area contributed by atoms with E-state index in [0.717, 1.165) is 0 Å². The number of ether oxygens (including phenoxy) is 1. The summed E-state index contributed by atoms with van der Waals surface area (Å²) in [5, 5.41) is 2.45. The largest absolute Gasteiger partial charge is 0.414 e. The molecule has 3 rings (SSSR count). The maximum absolute atomic E-state index is 12.6. The maximum atomic E-state index is 12.6. The summed E-state index contributed by atoms with van der Waals surface area (Å²) in [6.45, 7) is 17.4. The highest BCUT2D eigenvalue weighted by Crippen LogP contribution is 2.48. The van der Waals surface area contributed by atoms with Crippen molar-refractivity contribution in [2.24, 2.45) is 4.99 Å². The highest BCUT2D eigenvalue weighted by atomic mass is 32.1. The molecule has 0 saturated carbocycles. The Morgan fingerprint density at radius 1 is 1.06 bits per heavy atom. The van der Waals surface area contributed by atoms with Gasteiger partial charge in [-0.3, -0.25) is 14.3 Å². The number of isothiocyanates is 1. The molecule has 0 radical (unpaired) electrons. The van der Waals surface area contributed by atoms with Crippen molar-refractivity contribution in [3.05, 3.63) is 33.1 Å². The number of H-pyrrole nitrogens is 1. The molecular weight excluding hydrogens is 490 g/mol. The average molecular weight is 528 g/mol. The Hall–Kier alpha value is -1.25. The van der Waals surface area contributed by atoms with Crippen LogP contribution >= 0.6 is 12.2 Å². The molecule has 0 aromatic carbocycles. The number of fused-ring (bicyclic) bond motifs is 1. The SMILES string of the molecule is CC(C)[Si]1(C(C)C)OC[C@H]2O[C@@H](n3ccc(=O)[nH]c3=O)[C@H](N=C=S)[C@@H]2O[Si](C(C)C)(C(C)C)O1. The Balaban J connectivity index is 2.16. The minimum absolute atomic E-state index is 0.131. The molecule has 1 N–H and O–H groups in total. The Bertz CT molecular complexity index is 1020. The Labute approximate surface area is 208 Å². The summed E-state index contributed by atoms with van der Waals surface area (Å²) in [5.74, 6) is 0. The molecule has 0 aliphatic carbocycles. The Kier molecular flexibility index (Phi) is 8.36. The van der Waals surface area contributed by atoms with Crippen molar-refractivity contribution in [1.29, 1.82) is 0 Å². The summed E-state index contributed by atoms with van der Waals surface area (Å²) in [5.41, 5.74) is -0.407. The van der Waals surface area contributed by atoms with E-state index in [1.807, 2.05) is 0 Å². The van der Waals surface area contributed by atoms with E-state index in [9.17, 15) is 9.59 Å². The van der Waals surface area contributed by atoms with Crippen LogP contribution < -0.4 is 11.2 Å². The Morgan fingerprint density at radius 2 is 1.65 bits per heavy atom. The van der Waals surface area contributed by atoms with Gasteiger partial charge in [-0.15, -0.1) is 0 Å². The van der Waals surface area contributed by atoms with Crippen LogP contribution in [-0.4, -0.2) is 56.7 Å². The van der Waals surface area contributed by atoms with E-state index in [0.29, 0.717) is 0 Å². The van der Waals surface area contributed by atoms with E-state index in [4.69, 9.17) is 29.9 Å². The van der Waals surface area contributed by atoms with Gasteiger partial charge in [0.2, 0.25) is 0 Å².